The Kier molecular flexibility index (Phi) is 5.68. The van der Waals surface area contributed by atoms with E-state index in [1.54, 1.807) is 51.6 Å². The maximum atomic E-state index is 11.9. The summed E-state index contributed by atoms with van der Waals surface area (Å²) >= 11 is 1.61. The summed E-state index contributed by atoms with van der Waals surface area (Å²) in [5.41, 5.74) is -0.577. The minimum atomic E-state index is -0.726. The van der Waals surface area contributed by atoms with Crippen LogP contribution in [0.2, 0.25) is 0 Å². The van der Waals surface area contributed by atoms with Gasteiger partial charge in [0.2, 0.25) is 0 Å². The van der Waals surface area contributed by atoms with Gasteiger partial charge in [0.25, 0.3) is 5.91 Å². The van der Waals surface area contributed by atoms with Crippen LogP contribution >= 0.6 is 11.8 Å². The number of amides is 1. The Labute approximate surface area is 123 Å². The van der Waals surface area contributed by atoms with Gasteiger partial charge in [-0.1, -0.05) is 0 Å². The highest BCUT2D eigenvalue weighted by Gasteiger charge is 2.24. The van der Waals surface area contributed by atoms with Crippen molar-refractivity contribution < 1.29 is 18.7 Å². The van der Waals surface area contributed by atoms with E-state index in [4.69, 9.17) is 9.15 Å². The summed E-state index contributed by atoms with van der Waals surface area (Å²) in [5.74, 6) is 0.740. The molecule has 1 N–H and O–H groups in total. The fraction of sp³-hybridized carbons (Fsp3) is 0.571. The van der Waals surface area contributed by atoms with E-state index in [9.17, 15) is 9.59 Å². The molecule has 6 heteroatoms. The molecule has 0 spiro atoms. The van der Waals surface area contributed by atoms with Crippen molar-refractivity contribution in [2.75, 3.05) is 6.26 Å². The van der Waals surface area contributed by atoms with Crippen molar-refractivity contribution >= 4 is 23.6 Å². The number of esters is 1. The molecule has 20 heavy (non-hydrogen) atoms. The van der Waals surface area contributed by atoms with E-state index in [2.05, 4.69) is 5.32 Å². The van der Waals surface area contributed by atoms with Crippen LogP contribution in [-0.4, -0.2) is 29.8 Å². The number of hydrogen-bond acceptors (Lipinski definition) is 5. The van der Waals surface area contributed by atoms with Gasteiger partial charge in [0.05, 0.1) is 5.75 Å². The molecular formula is C14H21NO4S. The Bertz CT molecular complexity index is 476. The molecule has 1 aromatic rings. The lowest BCUT2D eigenvalue weighted by Crippen LogP contribution is -2.42. The molecule has 0 aliphatic heterocycles. The van der Waals surface area contributed by atoms with Gasteiger partial charge in [-0.3, -0.25) is 4.79 Å². The van der Waals surface area contributed by atoms with Gasteiger partial charge in [0.1, 0.15) is 17.4 Å². The fourth-order valence-corrected chi connectivity index (χ4v) is 1.88. The predicted molar refractivity (Wildman–Crippen MR) is 78.7 cm³/mol. The number of carbonyl (C=O) groups is 2. The Morgan fingerprint density at radius 2 is 2.05 bits per heavy atom. The van der Waals surface area contributed by atoms with Gasteiger partial charge in [-0.15, -0.1) is 0 Å². The molecular weight excluding hydrogens is 278 g/mol. The second-order valence-electron chi connectivity index (χ2n) is 5.43. The standard InChI is InChI=1S/C14H21NO4S/c1-9(13(17)19-14(2,3)4)15-12(16)11-7-6-10(18-11)8-20-5/h6-7,9H,8H2,1-5H3,(H,15,16)/t9-/m1/s1. The highest BCUT2D eigenvalue weighted by Crippen LogP contribution is 2.14. The van der Waals surface area contributed by atoms with Gasteiger partial charge in [-0.05, 0) is 46.1 Å². The molecule has 1 rings (SSSR count). The van der Waals surface area contributed by atoms with Gasteiger partial charge in [-0.25, -0.2) is 4.79 Å². The van der Waals surface area contributed by atoms with Crippen LogP contribution in [0.4, 0.5) is 0 Å². The smallest absolute Gasteiger partial charge is 0.328 e. The zero-order valence-corrected chi connectivity index (χ0v) is 13.3. The lowest BCUT2D eigenvalue weighted by Gasteiger charge is -2.22. The summed E-state index contributed by atoms with van der Waals surface area (Å²) in [4.78, 5) is 23.7. The predicted octanol–water partition coefficient (Wildman–Crippen LogP) is 2.60. The van der Waals surface area contributed by atoms with Crippen molar-refractivity contribution in [1.29, 1.82) is 0 Å². The molecule has 112 valence electrons. The van der Waals surface area contributed by atoms with Crippen molar-refractivity contribution in [2.24, 2.45) is 0 Å². The number of rotatable bonds is 5. The quantitative estimate of drug-likeness (QED) is 0.846. The molecule has 1 atom stereocenters. The molecule has 0 radical (unpaired) electrons. The first kappa shape index (κ1) is 16.6. The van der Waals surface area contributed by atoms with Crippen molar-refractivity contribution in [1.82, 2.24) is 5.32 Å². The zero-order valence-electron chi connectivity index (χ0n) is 12.5. The second-order valence-corrected chi connectivity index (χ2v) is 6.29. The summed E-state index contributed by atoms with van der Waals surface area (Å²) in [6.45, 7) is 6.92. The third-order valence-electron chi connectivity index (χ3n) is 2.28. The number of thioether (sulfide) groups is 1. The van der Waals surface area contributed by atoms with Crippen molar-refractivity contribution in [2.45, 2.75) is 45.1 Å². The third-order valence-corrected chi connectivity index (χ3v) is 2.85. The van der Waals surface area contributed by atoms with Gasteiger partial charge < -0.3 is 14.5 Å². The van der Waals surface area contributed by atoms with Crippen LogP contribution in [0.3, 0.4) is 0 Å². The van der Waals surface area contributed by atoms with Crippen LogP contribution in [0.25, 0.3) is 0 Å². The van der Waals surface area contributed by atoms with Crippen LogP contribution in [0.15, 0.2) is 16.5 Å². The van der Waals surface area contributed by atoms with Crippen molar-refractivity contribution in [3.05, 3.63) is 23.7 Å². The van der Waals surface area contributed by atoms with Crippen LogP contribution in [0.5, 0.6) is 0 Å². The van der Waals surface area contributed by atoms with E-state index in [0.717, 1.165) is 5.76 Å². The number of carbonyl (C=O) groups excluding carboxylic acids is 2. The number of furan rings is 1. The average molecular weight is 299 g/mol. The third kappa shape index (κ3) is 5.28. The lowest BCUT2D eigenvalue weighted by atomic mass is 10.2. The summed E-state index contributed by atoms with van der Waals surface area (Å²) in [6, 6.07) is 2.63. The second kappa shape index (κ2) is 6.83. The normalized spacial score (nSPS) is 12.8. The highest BCUT2D eigenvalue weighted by molar-refractivity contribution is 7.97. The Morgan fingerprint density at radius 1 is 1.40 bits per heavy atom. The van der Waals surface area contributed by atoms with E-state index < -0.39 is 23.5 Å². The van der Waals surface area contributed by atoms with Gasteiger partial charge in [-0.2, -0.15) is 11.8 Å². The monoisotopic (exact) mass is 299 g/mol. The zero-order chi connectivity index (χ0) is 15.3. The summed E-state index contributed by atoms with van der Waals surface area (Å²) in [6.07, 6.45) is 1.95. The summed E-state index contributed by atoms with van der Waals surface area (Å²) < 4.78 is 10.6. The molecule has 1 aromatic heterocycles. The molecule has 0 bridgehead atoms. The van der Waals surface area contributed by atoms with Crippen LogP contribution < -0.4 is 5.32 Å². The number of hydrogen-bond donors (Lipinski definition) is 1. The Balaban J connectivity index is 2.58. The van der Waals surface area contributed by atoms with Gasteiger partial charge >= 0.3 is 5.97 Å². The molecule has 0 fully saturated rings. The largest absolute Gasteiger partial charge is 0.458 e. The lowest BCUT2D eigenvalue weighted by molar-refractivity contribution is -0.156. The molecule has 0 saturated heterocycles. The molecule has 1 amide bonds. The molecule has 5 nitrogen and oxygen atoms in total. The molecule has 0 aromatic carbocycles. The first-order valence-electron chi connectivity index (χ1n) is 6.34. The minimum Gasteiger partial charge on any atom is -0.458 e. The topological polar surface area (TPSA) is 68.5 Å². The van der Waals surface area contributed by atoms with E-state index in [1.807, 2.05) is 6.26 Å². The Morgan fingerprint density at radius 3 is 2.60 bits per heavy atom. The Hall–Kier alpha value is -1.43. The van der Waals surface area contributed by atoms with Gasteiger partial charge in [0, 0.05) is 0 Å². The van der Waals surface area contributed by atoms with Crippen LogP contribution in [0.1, 0.15) is 44.0 Å². The van der Waals surface area contributed by atoms with Crippen LogP contribution in [0, 0.1) is 0 Å². The molecule has 0 aliphatic rings. The molecule has 0 aliphatic carbocycles. The van der Waals surface area contributed by atoms with Crippen molar-refractivity contribution in [3.8, 4) is 0 Å². The number of ether oxygens (including phenoxy) is 1. The molecule has 1 heterocycles. The molecule has 0 unspecified atom stereocenters. The van der Waals surface area contributed by atoms with E-state index in [0.29, 0.717) is 5.75 Å². The van der Waals surface area contributed by atoms with Crippen molar-refractivity contribution in [3.63, 3.8) is 0 Å². The van der Waals surface area contributed by atoms with E-state index in [1.165, 1.54) is 0 Å². The van der Waals surface area contributed by atoms with E-state index >= 15 is 0 Å². The van der Waals surface area contributed by atoms with Crippen LogP contribution in [-0.2, 0) is 15.3 Å². The van der Waals surface area contributed by atoms with Gasteiger partial charge in [0.15, 0.2) is 5.76 Å². The summed E-state index contributed by atoms with van der Waals surface area (Å²) in [5, 5.41) is 2.56. The number of nitrogens with one attached hydrogen (secondary N) is 1. The highest BCUT2D eigenvalue weighted by atomic mass is 32.2. The average Bonchev–Trinajstić information content (AvgIpc) is 2.75. The first-order chi connectivity index (χ1) is 9.23. The van der Waals surface area contributed by atoms with E-state index in [-0.39, 0.29) is 5.76 Å². The SMILES string of the molecule is CSCc1ccc(C(=O)N[C@H](C)C(=O)OC(C)(C)C)o1. The molecule has 0 saturated carbocycles. The minimum absolute atomic E-state index is 0.199. The summed E-state index contributed by atoms with van der Waals surface area (Å²) in [7, 11) is 0. The first-order valence-corrected chi connectivity index (χ1v) is 7.73. The maximum Gasteiger partial charge on any atom is 0.328 e. The maximum absolute atomic E-state index is 11.9. The fourth-order valence-electron chi connectivity index (χ4n) is 1.44.